The summed E-state index contributed by atoms with van der Waals surface area (Å²) in [5, 5.41) is 5.92. The monoisotopic (exact) mass is 348 g/mol. The van der Waals surface area contributed by atoms with Crippen molar-refractivity contribution in [1.29, 1.82) is 0 Å². The van der Waals surface area contributed by atoms with Gasteiger partial charge >= 0.3 is 0 Å². The van der Waals surface area contributed by atoms with Crippen molar-refractivity contribution in [3.63, 3.8) is 0 Å². The summed E-state index contributed by atoms with van der Waals surface area (Å²) in [5.74, 6) is 1.85. The highest BCUT2D eigenvalue weighted by Gasteiger charge is 2.09. The average molecular weight is 348 g/mol. The lowest BCUT2D eigenvalue weighted by molar-refractivity contribution is 0.0937. The van der Waals surface area contributed by atoms with Crippen molar-refractivity contribution in [2.45, 2.75) is 19.9 Å². The summed E-state index contributed by atoms with van der Waals surface area (Å²) in [4.78, 5) is 20.2. The summed E-state index contributed by atoms with van der Waals surface area (Å²) in [7, 11) is 0. The Labute approximate surface area is 152 Å². The highest BCUT2D eigenvalue weighted by Crippen LogP contribution is 2.23. The van der Waals surface area contributed by atoms with Gasteiger partial charge in [-0.3, -0.25) is 4.79 Å². The Balaban J connectivity index is 1.61. The minimum Gasteiger partial charge on any atom is -0.457 e. The maximum atomic E-state index is 11.9. The Morgan fingerprint density at radius 2 is 1.62 bits per heavy atom. The zero-order valence-corrected chi connectivity index (χ0v) is 14.6. The van der Waals surface area contributed by atoms with Crippen LogP contribution >= 0.6 is 0 Å². The third-order valence-corrected chi connectivity index (χ3v) is 3.41. The molecule has 2 aromatic carbocycles. The first kappa shape index (κ1) is 17.4. The van der Waals surface area contributed by atoms with Gasteiger partial charge in [-0.05, 0) is 50.2 Å². The molecule has 6 nitrogen and oxygen atoms in total. The van der Waals surface area contributed by atoms with E-state index in [4.69, 9.17) is 4.74 Å². The predicted octanol–water partition coefficient (Wildman–Crippen LogP) is 4.15. The number of nitrogens with zero attached hydrogens (tertiary/aromatic N) is 2. The van der Waals surface area contributed by atoms with Gasteiger partial charge in [-0.25, -0.2) is 9.97 Å². The van der Waals surface area contributed by atoms with Crippen LogP contribution in [-0.4, -0.2) is 21.9 Å². The normalized spacial score (nSPS) is 10.4. The zero-order chi connectivity index (χ0) is 18.4. The Bertz CT molecular complexity index is 847. The van der Waals surface area contributed by atoms with E-state index in [1.165, 1.54) is 12.4 Å². The fraction of sp³-hybridized carbons (Fsp3) is 0.150. The quantitative estimate of drug-likeness (QED) is 0.700. The van der Waals surface area contributed by atoms with E-state index >= 15 is 0 Å². The van der Waals surface area contributed by atoms with E-state index in [-0.39, 0.29) is 17.6 Å². The first-order valence-electron chi connectivity index (χ1n) is 8.33. The average Bonchev–Trinajstić information content (AvgIpc) is 2.64. The maximum absolute atomic E-state index is 11.9. The zero-order valence-electron chi connectivity index (χ0n) is 14.6. The number of aromatic nitrogens is 2. The van der Waals surface area contributed by atoms with E-state index in [1.54, 1.807) is 0 Å². The number of ether oxygens (including phenoxy) is 1. The first-order valence-corrected chi connectivity index (χ1v) is 8.33. The summed E-state index contributed by atoms with van der Waals surface area (Å²) in [6.07, 6.45) is 2.98. The molecule has 1 aromatic heterocycles. The van der Waals surface area contributed by atoms with Crippen molar-refractivity contribution in [3.05, 3.63) is 72.7 Å². The topological polar surface area (TPSA) is 76.1 Å². The molecule has 1 heterocycles. The van der Waals surface area contributed by atoms with Crippen molar-refractivity contribution in [2.24, 2.45) is 0 Å². The molecule has 0 aliphatic carbocycles. The second-order valence-electron chi connectivity index (χ2n) is 5.98. The smallest absolute Gasteiger partial charge is 0.271 e. The van der Waals surface area contributed by atoms with Crippen LogP contribution < -0.4 is 15.4 Å². The Hall–Kier alpha value is -3.41. The Morgan fingerprint density at radius 1 is 0.923 bits per heavy atom. The van der Waals surface area contributed by atoms with E-state index < -0.39 is 0 Å². The van der Waals surface area contributed by atoms with Crippen LogP contribution in [0.4, 0.5) is 11.5 Å². The van der Waals surface area contributed by atoms with Gasteiger partial charge in [-0.2, -0.15) is 0 Å². The molecule has 1 amide bonds. The van der Waals surface area contributed by atoms with Gasteiger partial charge in [0.05, 0.1) is 12.4 Å². The van der Waals surface area contributed by atoms with Crippen LogP contribution in [0.25, 0.3) is 0 Å². The molecule has 6 heteroatoms. The highest BCUT2D eigenvalue weighted by atomic mass is 16.5. The summed E-state index contributed by atoms with van der Waals surface area (Å²) in [6, 6.07) is 17.2. The van der Waals surface area contributed by atoms with Crippen LogP contribution in [0.15, 0.2) is 67.0 Å². The largest absolute Gasteiger partial charge is 0.457 e. The van der Waals surface area contributed by atoms with E-state index in [2.05, 4.69) is 20.6 Å². The summed E-state index contributed by atoms with van der Waals surface area (Å²) < 4.78 is 5.76. The maximum Gasteiger partial charge on any atom is 0.271 e. The van der Waals surface area contributed by atoms with E-state index in [0.29, 0.717) is 5.82 Å². The van der Waals surface area contributed by atoms with Gasteiger partial charge in [-0.1, -0.05) is 18.2 Å². The molecule has 0 radical (unpaired) electrons. The number of amides is 1. The lowest BCUT2D eigenvalue weighted by Gasteiger charge is -2.09. The standard InChI is InChI=1S/C20H20N4O2/c1-14(2)23-20(25)18-12-22-19(13-21-18)24-15-8-10-17(11-9-15)26-16-6-4-3-5-7-16/h3-14H,1-2H3,(H,22,24)(H,23,25). The van der Waals surface area contributed by atoms with Crippen molar-refractivity contribution < 1.29 is 9.53 Å². The van der Waals surface area contributed by atoms with Crippen molar-refractivity contribution in [1.82, 2.24) is 15.3 Å². The second-order valence-corrected chi connectivity index (χ2v) is 5.98. The van der Waals surface area contributed by atoms with Crippen molar-refractivity contribution >= 4 is 17.4 Å². The Morgan fingerprint density at radius 3 is 2.23 bits per heavy atom. The van der Waals surface area contributed by atoms with Gasteiger partial charge in [0, 0.05) is 11.7 Å². The number of carbonyl (C=O) groups is 1. The van der Waals surface area contributed by atoms with Gasteiger partial charge in [0.15, 0.2) is 0 Å². The number of nitrogens with one attached hydrogen (secondary N) is 2. The molecule has 2 N–H and O–H groups in total. The van der Waals surface area contributed by atoms with E-state index in [0.717, 1.165) is 17.2 Å². The number of anilines is 2. The van der Waals surface area contributed by atoms with E-state index in [1.807, 2.05) is 68.4 Å². The summed E-state index contributed by atoms with van der Waals surface area (Å²) in [5.41, 5.74) is 1.13. The third-order valence-electron chi connectivity index (χ3n) is 3.41. The van der Waals surface area contributed by atoms with Crippen LogP contribution in [0.1, 0.15) is 24.3 Å². The number of hydrogen-bond donors (Lipinski definition) is 2. The second kappa shape index (κ2) is 8.11. The highest BCUT2D eigenvalue weighted by molar-refractivity contribution is 5.92. The predicted molar refractivity (Wildman–Crippen MR) is 101 cm³/mol. The van der Waals surface area contributed by atoms with Gasteiger partial charge in [0.1, 0.15) is 23.0 Å². The lowest BCUT2D eigenvalue weighted by atomic mass is 10.3. The SMILES string of the molecule is CC(C)NC(=O)c1cnc(Nc2ccc(Oc3ccccc3)cc2)cn1. The minimum atomic E-state index is -0.235. The fourth-order valence-corrected chi connectivity index (χ4v) is 2.22. The molecule has 3 aromatic rings. The molecule has 0 saturated carbocycles. The molecule has 26 heavy (non-hydrogen) atoms. The van der Waals surface area contributed by atoms with Crippen molar-refractivity contribution in [2.75, 3.05) is 5.32 Å². The number of benzene rings is 2. The molecule has 0 spiro atoms. The minimum absolute atomic E-state index is 0.0544. The molecule has 3 rings (SSSR count). The van der Waals surface area contributed by atoms with Crippen LogP contribution in [0.3, 0.4) is 0 Å². The molecule has 0 atom stereocenters. The van der Waals surface area contributed by atoms with Crippen molar-refractivity contribution in [3.8, 4) is 11.5 Å². The van der Waals surface area contributed by atoms with Crippen LogP contribution in [0.2, 0.25) is 0 Å². The Kier molecular flexibility index (Phi) is 5.43. The van der Waals surface area contributed by atoms with E-state index in [9.17, 15) is 4.79 Å². The number of rotatable bonds is 6. The summed E-state index contributed by atoms with van der Waals surface area (Å²) in [6.45, 7) is 3.79. The third kappa shape index (κ3) is 4.80. The van der Waals surface area contributed by atoms with Gasteiger partial charge in [-0.15, -0.1) is 0 Å². The van der Waals surface area contributed by atoms with Crippen LogP contribution in [0.5, 0.6) is 11.5 Å². The lowest BCUT2D eigenvalue weighted by Crippen LogP contribution is -2.30. The molecular weight excluding hydrogens is 328 g/mol. The molecule has 0 saturated heterocycles. The number of hydrogen-bond acceptors (Lipinski definition) is 5. The van der Waals surface area contributed by atoms with Gasteiger partial charge in [0.25, 0.3) is 5.91 Å². The number of para-hydroxylation sites is 1. The molecule has 0 aliphatic heterocycles. The molecule has 0 unspecified atom stereocenters. The molecule has 0 fully saturated rings. The molecule has 0 bridgehead atoms. The van der Waals surface area contributed by atoms with Gasteiger partial charge < -0.3 is 15.4 Å². The molecule has 132 valence electrons. The number of carbonyl (C=O) groups excluding carboxylic acids is 1. The van der Waals surface area contributed by atoms with Crippen LogP contribution in [0, 0.1) is 0 Å². The van der Waals surface area contributed by atoms with Crippen LogP contribution in [-0.2, 0) is 0 Å². The van der Waals surface area contributed by atoms with Gasteiger partial charge in [0.2, 0.25) is 0 Å². The first-order chi connectivity index (χ1) is 12.6. The molecular formula is C20H20N4O2. The molecule has 0 aliphatic rings. The summed E-state index contributed by atoms with van der Waals surface area (Å²) >= 11 is 0. The fourth-order valence-electron chi connectivity index (χ4n) is 2.22.